The molecule has 152 valence electrons. The number of alkyl carbamates (subject to hydrolysis) is 1. The van der Waals surface area contributed by atoms with Crippen LogP contribution in [-0.2, 0) is 23.9 Å². The maximum Gasteiger partial charge on any atom is 0.413 e. The van der Waals surface area contributed by atoms with Crippen molar-refractivity contribution in [2.24, 2.45) is 5.92 Å². The number of amides is 3. The number of carbonyl (C=O) groups excluding carboxylic acids is 4. The summed E-state index contributed by atoms with van der Waals surface area (Å²) in [6.45, 7) is 5.49. The van der Waals surface area contributed by atoms with Crippen LogP contribution in [0.3, 0.4) is 0 Å². The number of hydrogen-bond donors (Lipinski definition) is 1. The SMILES string of the molecule is CCOC(=O)NC(=O)COC(=O)[C@@H]1CC(=O)N(c2ccccc2[C@@H](C)CC)C1. The predicted molar refractivity (Wildman–Crippen MR) is 102 cm³/mol. The fraction of sp³-hybridized carbons (Fsp3) is 0.500. The summed E-state index contributed by atoms with van der Waals surface area (Å²) < 4.78 is 9.53. The quantitative estimate of drug-likeness (QED) is 0.717. The number of para-hydroxylation sites is 1. The van der Waals surface area contributed by atoms with Gasteiger partial charge in [0.15, 0.2) is 6.61 Å². The number of benzene rings is 1. The lowest BCUT2D eigenvalue weighted by Crippen LogP contribution is -2.35. The molecule has 1 aromatic carbocycles. The molecule has 0 spiro atoms. The second-order valence-electron chi connectivity index (χ2n) is 6.65. The normalized spacial score (nSPS) is 17.2. The molecule has 8 nitrogen and oxygen atoms in total. The standard InChI is InChI=1S/C20H26N2O6/c1-4-13(3)15-8-6-7-9-16(15)22-11-14(10-18(22)24)19(25)28-12-17(23)21-20(26)27-5-2/h6-9,13-14H,4-5,10-12H2,1-3H3,(H,21,23,26)/t13-,14+/m0/s1. The summed E-state index contributed by atoms with van der Waals surface area (Å²) in [5.41, 5.74) is 1.86. The van der Waals surface area contributed by atoms with Crippen LogP contribution in [0, 0.1) is 5.92 Å². The zero-order valence-electron chi connectivity index (χ0n) is 16.4. The van der Waals surface area contributed by atoms with Crippen molar-refractivity contribution in [2.75, 3.05) is 24.7 Å². The molecule has 3 amide bonds. The van der Waals surface area contributed by atoms with E-state index in [1.807, 2.05) is 29.6 Å². The van der Waals surface area contributed by atoms with Gasteiger partial charge in [-0.25, -0.2) is 4.79 Å². The van der Waals surface area contributed by atoms with Gasteiger partial charge in [-0.2, -0.15) is 0 Å². The molecule has 1 heterocycles. The molecule has 0 aromatic heterocycles. The van der Waals surface area contributed by atoms with Crippen molar-refractivity contribution in [3.8, 4) is 0 Å². The van der Waals surface area contributed by atoms with Gasteiger partial charge in [-0.3, -0.25) is 19.7 Å². The molecule has 8 heteroatoms. The van der Waals surface area contributed by atoms with Crippen LogP contribution < -0.4 is 10.2 Å². The van der Waals surface area contributed by atoms with E-state index in [2.05, 4.69) is 18.6 Å². The number of esters is 1. The second kappa shape index (κ2) is 9.87. The van der Waals surface area contributed by atoms with E-state index in [4.69, 9.17) is 4.74 Å². The fourth-order valence-electron chi connectivity index (χ4n) is 3.04. The Bertz CT molecular complexity index is 748. The van der Waals surface area contributed by atoms with E-state index in [1.54, 1.807) is 11.8 Å². The molecule has 28 heavy (non-hydrogen) atoms. The van der Waals surface area contributed by atoms with Gasteiger partial charge in [0.05, 0.1) is 12.5 Å². The summed E-state index contributed by atoms with van der Waals surface area (Å²) in [7, 11) is 0. The van der Waals surface area contributed by atoms with Gasteiger partial charge < -0.3 is 14.4 Å². The molecule has 1 aliphatic rings. The van der Waals surface area contributed by atoms with E-state index in [-0.39, 0.29) is 31.4 Å². The first-order valence-electron chi connectivity index (χ1n) is 9.39. The molecule has 0 aliphatic carbocycles. The Kier molecular flexibility index (Phi) is 7.54. The molecule has 0 unspecified atom stereocenters. The van der Waals surface area contributed by atoms with E-state index in [1.165, 1.54) is 0 Å². The number of carbonyl (C=O) groups is 4. The smallest absolute Gasteiger partial charge is 0.413 e. The number of hydrogen-bond acceptors (Lipinski definition) is 6. The number of ether oxygens (including phenoxy) is 2. The van der Waals surface area contributed by atoms with Crippen LogP contribution in [0.15, 0.2) is 24.3 Å². The van der Waals surface area contributed by atoms with Crippen molar-refractivity contribution >= 4 is 29.6 Å². The minimum absolute atomic E-state index is 0.0210. The molecule has 1 N–H and O–H groups in total. The number of nitrogens with one attached hydrogen (secondary N) is 1. The zero-order chi connectivity index (χ0) is 20.7. The molecule has 0 bridgehead atoms. The molecular weight excluding hydrogens is 364 g/mol. The lowest BCUT2D eigenvalue weighted by molar-refractivity contribution is -0.152. The Balaban J connectivity index is 1.96. The molecule has 0 saturated carbocycles. The number of rotatable bonds is 7. The van der Waals surface area contributed by atoms with Crippen LogP contribution >= 0.6 is 0 Å². The fourth-order valence-corrected chi connectivity index (χ4v) is 3.04. The van der Waals surface area contributed by atoms with Gasteiger partial charge in [-0.15, -0.1) is 0 Å². The monoisotopic (exact) mass is 390 g/mol. The summed E-state index contributed by atoms with van der Waals surface area (Å²) in [5, 5.41) is 1.94. The van der Waals surface area contributed by atoms with Crippen molar-refractivity contribution in [2.45, 2.75) is 39.5 Å². The van der Waals surface area contributed by atoms with E-state index >= 15 is 0 Å². The summed E-state index contributed by atoms with van der Waals surface area (Å²) in [4.78, 5) is 49.1. The average Bonchev–Trinajstić information content (AvgIpc) is 3.07. The van der Waals surface area contributed by atoms with E-state index in [0.29, 0.717) is 0 Å². The predicted octanol–water partition coefficient (Wildman–Crippen LogP) is 2.37. The summed E-state index contributed by atoms with van der Waals surface area (Å²) in [6.07, 6.45) is 0.0557. The zero-order valence-corrected chi connectivity index (χ0v) is 16.4. The van der Waals surface area contributed by atoms with Crippen LogP contribution in [0.25, 0.3) is 0 Å². The highest BCUT2D eigenvalue weighted by Crippen LogP contribution is 2.33. The largest absolute Gasteiger partial charge is 0.455 e. The third-order valence-corrected chi connectivity index (χ3v) is 4.69. The van der Waals surface area contributed by atoms with Gasteiger partial charge in [-0.05, 0) is 30.9 Å². The second-order valence-corrected chi connectivity index (χ2v) is 6.65. The number of imide groups is 1. The molecule has 1 aromatic rings. The average molecular weight is 390 g/mol. The van der Waals surface area contributed by atoms with Crippen molar-refractivity contribution in [3.63, 3.8) is 0 Å². The number of nitrogens with zero attached hydrogens (tertiary/aromatic N) is 1. The van der Waals surface area contributed by atoms with Crippen LogP contribution in [0.4, 0.5) is 10.5 Å². The third kappa shape index (κ3) is 5.31. The lowest BCUT2D eigenvalue weighted by atomic mass is 9.96. The van der Waals surface area contributed by atoms with E-state index in [0.717, 1.165) is 17.7 Å². The van der Waals surface area contributed by atoms with Gasteiger partial charge in [0.2, 0.25) is 5.91 Å². The highest BCUT2D eigenvalue weighted by Gasteiger charge is 2.37. The molecule has 1 fully saturated rings. The molecule has 1 saturated heterocycles. The van der Waals surface area contributed by atoms with Crippen molar-refractivity contribution in [1.82, 2.24) is 5.32 Å². The Morgan fingerprint density at radius 1 is 1.21 bits per heavy atom. The topological polar surface area (TPSA) is 102 Å². The minimum Gasteiger partial charge on any atom is -0.455 e. The Labute approximate surface area is 164 Å². The van der Waals surface area contributed by atoms with Gasteiger partial charge in [0.1, 0.15) is 0 Å². The maximum absolute atomic E-state index is 12.5. The Morgan fingerprint density at radius 3 is 2.61 bits per heavy atom. The molecule has 0 radical (unpaired) electrons. The molecule has 1 aliphatic heterocycles. The number of anilines is 1. The molecule has 2 atom stereocenters. The van der Waals surface area contributed by atoms with Gasteiger partial charge >= 0.3 is 12.1 Å². The van der Waals surface area contributed by atoms with Crippen LogP contribution in [0.2, 0.25) is 0 Å². The van der Waals surface area contributed by atoms with E-state index < -0.39 is 30.5 Å². The summed E-state index contributed by atoms with van der Waals surface area (Å²) in [6, 6.07) is 7.65. The Morgan fingerprint density at radius 2 is 1.93 bits per heavy atom. The van der Waals surface area contributed by atoms with Crippen LogP contribution in [0.1, 0.15) is 45.1 Å². The highest BCUT2D eigenvalue weighted by atomic mass is 16.6. The van der Waals surface area contributed by atoms with Crippen molar-refractivity contribution in [3.05, 3.63) is 29.8 Å². The lowest BCUT2D eigenvalue weighted by Gasteiger charge is -2.23. The minimum atomic E-state index is -0.896. The van der Waals surface area contributed by atoms with Gasteiger partial charge in [0, 0.05) is 18.7 Å². The van der Waals surface area contributed by atoms with Crippen molar-refractivity contribution in [1.29, 1.82) is 0 Å². The first kappa shape index (κ1) is 21.4. The molecular formula is C20H26N2O6. The maximum atomic E-state index is 12.5. The summed E-state index contributed by atoms with van der Waals surface area (Å²) >= 11 is 0. The van der Waals surface area contributed by atoms with Gasteiger partial charge in [0.25, 0.3) is 5.91 Å². The summed E-state index contributed by atoms with van der Waals surface area (Å²) in [5.74, 6) is -1.96. The van der Waals surface area contributed by atoms with Crippen molar-refractivity contribution < 1.29 is 28.7 Å². The highest BCUT2D eigenvalue weighted by molar-refractivity contribution is 6.00. The van der Waals surface area contributed by atoms with E-state index in [9.17, 15) is 19.2 Å². The Hall–Kier alpha value is -2.90. The molecule has 2 rings (SSSR count). The first-order valence-corrected chi connectivity index (χ1v) is 9.39. The van der Waals surface area contributed by atoms with Crippen LogP contribution in [-0.4, -0.2) is 43.6 Å². The third-order valence-electron chi connectivity index (χ3n) is 4.69. The first-order chi connectivity index (χ1) is 13.4. The van der Waals surface area contributed by atoms with Crippen LogP contribution in [0.5, 0.6) is 0 Å². The van der Waals surface area contributed by atoms with Gasteiger partial charge in [-0.1, -0.05) is 32.0 Å².